The average Bonchev–Trinajstić information content (AvgIpc) is 3.49. The molecule has 1 unspecified atom stereocenters. The number of halogens is 2. The van der Waals surface area contributed by atoms with Gasteiger partial charge in [-0.3, -0.25) is 0 Å². The maximum atomic E-state index is 15.6. The zero-order valence-corrected chi connectivity index (χ0v) is 31.4. The van der Waals surface area contributed by atoms with E-state index in [2.05, 4.69) is 34.8 Å². The quantitative estimate of drug-likeness (QED) is 0.0522. The van der Waals surface area contributed by atoms with Gasteiger partial charge in [0.15, 0.2) is 22.5 Å². The number of anilines is 1. The number of thiocarbonyl (C=S) groups is 1. The number of nitrogens with zero attached hydrogens (tertiary/aromatic N) is 3. The fourth-order valence-electron chi connectivity index (χ4n) is 5.57. The smallest absolute Gasteiger partial charge is 0.310 e. The number of hydrogen-bond donors (Lipinski definition) is 3. The summed E-state index contributed by atoms with van der Waals surface area (Å²) in [5, 5.41) is 26.2. The number of hydrogen-bond acceptors (Lipinski definition) is 7. The van der Waals surface area contributed by atoms with Crippen molar-refractivity contribution in [3.63, 3.8) is 0 Å². The Kier molecular flexibility index (Phi) is 13.3. The second kappa shape index (κ2) is 18.1. The highest BCUT2D eigenvalue weighted by molar-refractivity contribution is 7.80. The summed E-state index contributed by atoms with van der Waals surface area (Å²) < 4.78 is 50.8. The van der Waals surface area contributed by atoms with Crippen LogP contribution >= 0.6 is 12.2 Å². The molecule has 3 aromatic carbocycles. The molecule has 0 radical (unpaired) electrons. The third kappa shape index (κ3) is 9.92. The van der Waals surface area contributed by atoms with Crippen LogP contribution < -0.4 is 20.1 Å². The Bertz CT molecular complexity index is 2010. The zero-order valence-electron chi connectivity index (χ0n) is 29.6. The molecule has 2 heterocycles. The molecule has 0 aliphatic carbocycles. The molecule has 5 rings (SSSR count). The van der Waals surface area contributed by atoms with E-state index in [1.807, 2.05) is 61.0 Å². The van der Waals surface area contributed by atoms with E-state index >= 15 is 8.78 Å². The second-order valence-electron chi connectivity index (χ2n) is 12.9. The summed E-state index contributed by atoms with van der Waals surface area (Å²) in [6.45, 7) is 9.28. The van der Waals surface area contributed by atoms with Crippen molar-refractivity contribution >= 4 is 42.8 Å². The molecule has 13 heteroatoms. The number of fused-ring (bicyclic) bond motifs is 1. The molecular weight excluding hydrogens is 701 g/mol. The fraction of sp³-hybridized carbons (Fsp3) is 0.308. The molecule has 0 aliphatic rings. The van der Waals surface area contributed by atoms with Gasteiger partial charge in [0.25, 0.3) is 0 Å². The van der Waals surface area contributed by atoms with Crippen molar-refractivity contribution < 1.29 is 28.1 Å². The van der Waals surface area contributed by atoms with E-state index in [1.165, 1.54) is 6.20 Å². The lowest BCUT2D eigenvalue weighted by atomic mass is 10.0. The molecule has 1 atom stereocenters. The molecule has 0 saturated carbocycles. The van der Waals surface area contributed by atoms with Gasteiger partial charge in [0, 0.05) is 54.8 Å². The largest absolute Gasteiger partial charge is 0.490 e. The standard InChI is InChI=1S/C39H41F2N5O4SSi/c1-25(2)49-34-11-10-28(17-29(34)20-42)31-22-46(24-48-14-15-52(3)4)38-36(31)35(12-13-43-38)50-37-32(40)18-30(19-33(37)41)45-39(51)44-21-27(23-47)16-26-8-6-5-7-9-26/h5-13,17-19,22,25,27,47H,14-16,21,23-24H2,1-4H3,(H-,44,45,51)/p+1. The van der Waals surface area contributed by atoms with Crippen LogP contribution in [0.3, 0.4) is 0 Å². The molecule has 0 aliphatic heterocycles. The predicted octanol–water partition coefficient (Wildman–Crippen LogP) is 8.30. The van der Waals surface area contributed by atoms with E-state index in [4.69, 9.17) is 26.4 Å². The Labute approximate surface area is 309 Å². The van der Waals surface area contributed by atoms with Crippen molar-refractivity contribution in [2.24, 2.45) is 5.92 Å². The molecule has 270 valence electrons. The maximum Gasteiger partial charge on any atom is 0.310 e. The minimum atomic E-state index is -0.949. The van der Waals surface area contributed by atoms with Crippen molar-refractivity contribution in [3.05, 3.63) is 102 Å². The van der Waals surface area contributed by atoms with Crippen molar-refractivity contribution in [2.75, 3.05) is 25.1 Å². The summed E-state index contributed by atoms with van der Waals surface area (Å²) in [6.07, 6.45) is 3.85. The van der Waals surface area contributed by atoms with Crippen LogP contribution in [-0.2, 0) is 17.9 Å². The number of ether oxygens (including phenoxy) is 3. The SMILES string of the molecule is CC(C)Oc1ccc(-c2cn(COCC[Si+](C)C)c3nccc(Oc4c(F)cc(NC(=S)NCC(CO)Cc5ccccc5)cc4F)c23)cc1C#N. The molecule has 2 aromatic heterocycles. The summed E-state index contributed by atoms with van der Waals surface area (Å²) >= 11 is 5.38. The fourth-order valence-corrected chi connectivity index (χ4v) is 6.32. The molecule has 0 bridgehead atoms. The van der Waals surface area contributed by atoms with Crippen LogP contribution in [0.1, 0.15) is 25.0 Å². The van der Waals surface area contributed by atoms with Gasteiger partial charge in [-0.1, -0.05) is 36.4 Å². The number of aliphatic hydroxyl groups is 1. The highest BCUT2D eigenvalue weighted by Crippen LogP contribution is 2.40. The third-order valence-corrected chi connectivity index (χ3v) is 9.56. The van der Waals surface area contributed by atoms with Crippen LogP contribution in [0.25, 0.3) is 22.2 Å². The number of rotatable bonds is 16. The summed E-state index contributed by atoms with van der Waals surface area (Å²) in [5.74, 6) is -2.00. The van der Waals surface area contributed by atoms with Crippen LogP contribution in [0.5, 0.6) is 17.2 Å². The molecule has 5 aromatic rings. The number of nitriles is 1. The number of nitrogens with one attached hydrogen (secondary N) is 2. The summed E-state index contributed by atoms with van der Waals surface area (Å²) in [6, 6.07) is 21.9. The minimum absolute atomic E-state index is 0.0588. The third-order valence-electron chi connectivity index (χ3n) is 8.11. The van der Waals surface area contributed by atoms with Gasteiger partial charge in [-0.05, 0) is 61.8 Å². The first-order chi connectivity index (χ1) is 25.1. The lowest BCUT2D eigenvalue weighted by Crippen LogP contribution is -2.34. The first kappa shape index (κ1) is 38.4. The highest BCUT2D eigenvalue weighted by Gasteiger charge is 2.22. The highest BCUT2D eigenvalue weighted by atomic mass is 32.1. The molecular formula is C39H42F2N5O4SSi+. The summed E-state index contributed by atoms with van der Waals surface area (Å²) in [7, 11) is -0.473. The van der Waals surface area contributed by atoms with Crippen molar-refractivity contribution in [3.8, 4) is 34.4 Å². The maximum absolute atomic E-state index is 15.6. The number of aliphatic hydroxyl groups excluding tert-OH is 1. The number of pyridine rings is 1. The first-order valence-electron chi connectivity index (χ1n) is 17.0. The minimum Gasteiger partial charge on any atom is -0.490 e. The molecule has 0 spiro atoms. The van der Waals surface area contributed by atoms with Gasteiger partial charge in [0.2, 0.25) is 0 Å². The van der Waals surface area contributed by atoms with Gasteiger partial charge in [-0.15, -0.1) is 0 Å². The van der Waals surface area contributed by atoms with Crippen molar-refractivity contribution in [1.29, 1.82) is 5.26 Å². The van der Waals surface area contributed by atoms with E-state index in [9.17, 15) is 10.4 Å². The van der Waals surface area contributed by atoms with Gasteiger partial charge < -0.3 is 34.5 Å². The average molecular weight is 743 g/mol. The van der Waals surface area contributed by atoms with Crippen LogP contribution in [0.15, 0.2) is 79.1 Å². The summed E-state index contributed by atoms with van der Waals surface area (Å²) in [4.78, 5) is 4.58. The molecule has 0 saturated heterocycles. The second-order valence-corrected chi connectivity index (χ2v) is 16.3. The predicted molar refractivity (Wildman–Crippen MR) is 205 cm³/mol. The van der Waals surface area contributed by atoms with Crippen molar-refractivity contribution in [1.82, 2.24) is 14.9 Å². The van der Waals surface area contributed by atoms with Crippen LogP contribution in [-0.4, -0.2) is 54.4 Å². The van der Waals surface area contributed by atoms with E-state index in [-0.39, 0.29) is 41.9 Å². The van der Waals surface area contributed by atoms with Gasteiger partial charge in [-0.25, -0.2) is 13.8 Å². The summed E-state index contributed by atoms with van der Waals surface area (Å²) in [5.41, 5.74) is 3.28. The Morgan fingerprint density at radius 3 is 2.48 bits per heavy atom. The lowest BCUT2D eigenvalue weighted by Gasteiger charge is -2.18. The molecule has 0 amide bonds. The topological polar surface area (TPSA) is 114 Å². The van der Waals surface area contributed by atoms with Crippen molar-refractivity contribution in [2.45, 2.75) is 52.2 Å². The first-order valence-corrected chi connectivity index (χ1v) is 20.1. The van der Waals surface area contributed by atoms with Gasteiger partial charge in [0.05, 0.1) is 42.8 Å². The molecule has 0 fully saturated rings. The van der Waals surface area contributed by atoms with Gasteiger partial charge >= 0.3 is 8.80 Å². The van der Waals surface area contributed by atoms with E-state index in [1.54, 1.807) is 18.2 Å². The zero-order chi connectivity index (χ0) is 37.2. The Morgan fingerprint density at radius 2 is 1.81 bits per heavy atom. The molecule has 52 heavy (non-hydrogen) atoms. The van der Waals surface area contributed by atoms with Crippen LogP contribution in [0, 0.1) is 28.9 Å². The van der Waals surface area contributed by atoms with E-state index in [0.717, 1.165) is 23.7 Å². The normalized spacial score (nSPS) is 11.7. The van der Waals surface area contributed by atoms with Gasteiger partial charge in [-0.2, -0.15) is 5.26 Å². The van der Waals surface area contributed by atoms with Crippen LogP contribution in [0.4, 0.5) is 14.5 Å². The molecule has 9 nitrogen and oxygen atoms in total. The van der Waals surface area contributed by atoms with E-state index in [0.29, 0.717) is 53.0 Å². The Balaban J connectivity index is 1.40. The molecule has 3 N–H and O–H groups in total. The Morgan fingerprint density at radius 1 is 1.06 bits per heavy atom. The van der Waals surface area contributed by atoms with Gasteiger partial charge in [0.1, 0.15) is 29.9 Å². The lowest BCUT2D eigenvalue weighted by molar-refractivity contribution is 0.0903. The number of aromatic nitrogens is 2. The number of benzene rings is 3. The Hall–Kier alpha value is -4.87. The van der Waals surface area contributed by atoms with Crippen LogP contribution in [0.2, 0.25) is 19.1 Å². The monoisotopic (exact) mass is 742 g/mol. The van der Waals surface area contributed by atoms with E-state index < -0.39 is 26.2 Å².